The fraction of sp³-hybridized carbons (Fsp3) is 1.00. The standard InChI is InChI=1S/C15H24O/c1-13(2)6-10-7-14(10,3)11-4-5-15(9-16-15)12(11)8-13/h10-12H,4-9H2,1-3H3/t10-,11?,12?,14+,15+/m0/s1. The Hall–Kier alpha value is -0.0400. The molecule has 90 valence electrons. The summed E-state index contributed by atoms with van der Waals surface area (Å²) in [7, 11) is 0. The first kappa shape index (κ1) is 9.94. The van der Waals surface area contributed by atoms with Crippen LogP contribution >= 0.6 is 0 Å². The molecule has 0 aromatic rings. The molecule has 16 heavy (non-hydrogen) atoms. The first-order chi connectivity index (χ1) is 7.45. The molecule has 1 heteroatoms. The zero-order valence-corrected chi connectivity index (χ0v) is 10.9. The third-order valence-electron chi connectivity index (χ3n) is 6.43. The van der Waals surface area contributed by atoms with Crippen molar-refractivity contribution in [3.63, 3.8) is 0 Å². The molecule has 0 amide bonds. The minimum absolute atomic E-state index is 0.364. The van der Waals surface area contributed by atoms with Gasteiger partial charge in [-0.2, -0.15) is 0 Å². The van der Waals surface area contributed by atoms with Crippen molar-refractivity contribution in [1.29, 1.82) is 0 Å². The van der Waals surface area contributed by atoms with Crippen molar-refractivity contribution < 1.29 is 4.74 Å². The van der Waals surface area contributed by atoms with Gasteiger partial charge in [0.2, 0.25) is 0 Å². The summed E-state index contributed by atoms with van der Waals surface area (Å²) in [6.07, 6.45) is 7.21. The highest BCUT2D eigenvalue weighted by Crippen LogP contribution is 2.72. The third kappa shape index (κ3) is 1.11. The topological polar surface area (TPSA) is 12.5 Å². The van der Waals surface area contributed by atoms with Gasteiger partial charge in [-0.3, -0.25) is 0 Å². The van der Waals surface area contributed by atoms with E-state index in [1.165, 1.54) is 32.1 Å². The fourth-order valence-electron chi connectivity index (χ4n) is 5.30. The van der Waals surface area contributed by atoms with Crippen LogP contribution in [-0.2, 0) is 4.74 Å². The van der Waals surface area contributed by atoms with Crippen molar-refractivity contribution in [1.82, 2.24) is 0 Å². The molecule has 5 atom stereocenters. The van der Waals surface area contributed by atoms with E-state index in [-0.39, 0.29) is 0 Å². The zero-order chi connectivity index (χ0) is 11.2. The molecule has 4 fully saturated rings. The van der Waals surface area contributed by atoms with Gasteiger partial charge in [0, 0.05) is 0 Å². The van der Waals surface area contributed by atoms with Crippen LogP contribution in [0.2, 0.25) is 0 Å². The van der Waals surface area contributed by atoms with E-state index in [0.29, 0.717) is 16.4 Å². The molecular formula is C15H24O. The van der Waals surface area contributed by atoms with Gasteiger partial charge in [-0.1, -0.05) is 20.8 Å². The molecule has 1 saturated heterocycles. The molecular weight excluding hydrogens is 196 g/mol. The Labute approximate surface area is 98.9 Å². The molecule has 2 unspecified atom stereocenters. The second-order valence-electron chi connectivity index (χ2n) is 8.08. The molecule has 3 saturated carbocycles. The molecule has 0 radical (unpaired) electrons. The summed E-state index contributed by atoms with van der Waals surface area (Å²) in [4.78, 5) is 0. The predicted octanol–water partition coefficient (Wildman–Crippen LogP) is 3.63. The van der Waals surface area contributed by atoms with Gasteiger partial charge < -0.3 is 4.74 Å². The lowest BCUT2D eigenvalue weighted by Gasteiger charge is -2.31. The normalized spacial score (nSPS) is 61.3. The quantitative estimate of drug-likeness (QED) is 0.568. The molecule has 1 heterocycles. The van der Waals surface area contributed by atoms with Crippen molar-refractivity contribution in [2.45, 2.75) is 58.5 Å². The van der Waals surface area contributed by atoms with Gasteiger partial charge in [0.05, 0.1) is 12.2 Å². The van der Waals surface area contributed by atoms with Crippen LogP contribution in [0, 0.1) is 28.6 Å². The van der Waals surface area contributed by atoms with Gasteiger partial charge in [0.1, 0.15) is 0 Å². The van der Waals surface area contributed by atoms with Crippen molar-refractivity contribution in [3.8, 4) is 0 Å². The molecule has 0 aromatic heterocycles. The summed E-state index contributed by atoms with van der Waals surface area (Å²) >= 11 is 0. The lowest BCUT2D eigenvalue weighted by molar-refractivity contribution is 0.140. The van der Waals surface area contributed by atoms with Crippen molar-refractivity contribution in [2.75, 3.05) is 6.61 Å². The maximum atomic E-state index is 5.89. The van der Waals surface area contributed by atoms with E-state index in [0.717, 1.165) is 24.4 Å². The average Bonchev–Trinajstić information content (AvgIpc) is 3.00. The lowest BCUT2D eigenvalue weighted by atomic mass is 9.73. The van der Waals surface area contributed by atoms with E-state index in [2.05, 4.69) is 20.8 Å². The second-order valence-corrected chi connectivity index (χ2v) is 8.08. The van der Waals surface area contributed by atoms with Crippen molar-refractivity contribution in [2.24, 2.45) is 28.6 Å². The van der Waals surface area contributed by atoms with E-state index < -0.39 is 0 Å². The molecule has 0 aromatic carbocycles. The molecule has 1 spiro atoms. The molecule has 4 aliphatic rings. The number of ether oxygens (including phenoxy) is 1. The molecule has 1 nitrogen and oxygen atoms in total. The third-order valence-corrected chi connectivity index (χ3v) is 6.43. The Balaban J connectivity index is 1.73. The highest BCUT2D eigenvalue weighted by molar-refractivity contribution is 5.17. The SMILES string of the molecule is CC1(C)CC2C(CC[C@@]23CO3)[C@]2(C)C[C@@H]2C1. The minimum atomic E-state index is 0.364. The average molecular weight is 220 g/mol. The summed E-state index contributed by atoms with van der Waals surface area (Å²) in [6.45, 7) is 8.62. The van der Waals surface area contributed by atoms with E-state index in [4.69, 9.17) is 4.74 Å². The maximum Gasteiger partial charge on any atom is 0.0947 e. The first-order valence-electron chi connectivity index (χ1n) is 7.09. The molecule has 0 N–H and O–H groups in total. The number of epoxide rings is 1. The Morgan fingerprint density at radius 2 is 1.75 bits per heavy atom. The number of fused-ring (bicyclic) bond motifs is 4. The van der Waals surface area contributed by atoms with Crippen LogP contribution in [0.25, 0.3) is 0 Å². The van der Waals surface area contributed by atoms with E-state index in [9.17, 15) is 0 Å². The van der Waals surface area contributed by atoms with Crippen LogP contribution in [0.3, 0.4) is 0 Å². The highest BCUT2D eigenvalue weighted by Gasteiger charge is 2.69. The smallest absolute Gasteiger partial charge is 0.0947 e. The monoisotopic (exact) mass is 220 g/mol. The molecule has 0 bridgehead atoms. The predicted molar refractivity (Wildman–Crippen MR) is 64.1 cm³/mol. The Morgan fingerprint density at radius 3 is 2.44 bits per heavy atom. The van der Waals surface area contributed by atoms with E-state index in [1.54, 1.807) is 0 Å². The Kier molecular flexibility index (Phi) is 1.57. The second kappa shape index (κ2) is 2.53. The van der Waals surface area contributed by atoms with Crippen LogP contribution in [0.5, 0.6) is 0 Å². The van der Waals surface area contributed by atoms with Crippen molar-refractivity contribution in [3.05, 3.63) is 0 Å². The molecule has 3 aliphatic carbocycles. The van der Waals surface area contributed by atoms with Crippen LogP contribution in [0.15, 0.2) is 0 Å². The summed E-state index contributed by atoms with van der Waals surface area (Å²) in [5, 5.41) is 0. The largest absolute Gasteiger partial charge is 0.369 e. The summed E-state index contributed by atoms with van der Waals surface area (Å²) in [5.41, 5.74) is 1.63. The van der Waals surface area contributed by atoms with Gasteiger partial charge in [0.25, 0.3) is 0 Å². The molecule has 1 aliphatic heterocycles. The first-order valence-corrected chi connectivity index (χ1v) is 7.09. The summed E-state index contributed by atoms with van der Waals surface area (Å²) < 4.78 is 5.89. The Morgan fingerprint density at radius 1 is 1.00 bits per heavy atom. The van der Waals surface area contributed by atoms with Crippen LogP contribution < -0.4 is 0 Å². The van der Waals surface area contributed by atoms with Crippen LogP contribution in [0.4, 0.5) is 0 Å². The van der Waals surface area contributed by atoms with Gasteiger partial charge >= 0.3 is 0 Å². The van der Waals surface area contributed by atoms with Crippen LogP contribution in [0.1, 0.15) is 52.9 Å². The molecule has 4 rings (SSSR count). The van der Waals surface area contributed by atoms with Gasteiger partial charge in [0.15, 0.2) is 0 Å². The lowest BCUT2D eigenvalue weighted by Crippen LogP contribution is -2.29. The Bertz CT molecular complexity index is 341. The zero-order valence-electron chi connectivity index (χ0n) is 10.9. The summed E-state index contributed by atoms with van der Waals surface area (Å²) in [6, 6.07) is 0. The van der Waals surface area contributed by atoms with E-state index >= 15 is 0 Å². The maximum absolute atomic E-state index is 5.89. The minimum Gasteiger partial charge on any atom is -0.369 e. The van der Waals surface area contributed by atoms with Crippen LogP contribution in [-0.4, -0.2) is 12.2 Å². The number of hydrogen-bond donors (Lipinski definition) is 0. The van der Waals surface area contributed by atoms with Crippen molar-refractivity contribution >= 4 is 0 Å². The van der Waals surface area contributed by atoms with Gasteiger partial charge in [-0.15, -0.1) is 0 Å². The fourth-order valence-corrected chi connectivity index (χ4v) is 5.30. The highest BCUT2D eigenvalue weighted by atomic mass is 16.6. The number of rotatable bonds is 0. The number of hydrogen-bond acceptors (Lipinski definition) is 1. The van der Waals surface area contributed by atoms with E-state index in [1.807, 2.05) is 0 Å². The van der Waals surface area contributed by atoms with Gasteiger partial charge in [-0.25, -0.2) is 0 Å². The van der Waals surface area contributed by atoms with Gasteiger partial charge in [-0.05, 0) is 60.7 Å². The summed E-state index contributed by atoms with van der Waals surface area (Å²) in [5.74, 6) is 2.91.